The van der Waals surface area contributed by atoms with E-state index in [9.17, 15) is 9.59 Å². The van der Waals surface area contributed by atoms with Gasteiger partial charge in [-0.3, -0.25) is 4.99 Å². The lowest BCUT2D eigenvalue weighted by Crippen LogP contribution is -2.11. The highest BCUT2D eigenvalue weighted by Crippen LogP contribution is 2.05. The van der Waals surface area contributed by atoms with Gasteiger partial charge in [-0.2, -0.15) is 0 Å². The summed E-state index contributed by atoms with van der Waals surface area (Å²) in [5.74, 6) is 1.64. The van der Waals surface area contributed by atoms with Crippen LogP contribution in [0.3, 0.4) is 0 Å². The summed E-state index contributed by atoms with van der Waals surface area (Å²) < 4.78 is 0. The zero-order valence-electron chi connectivity index (χ0n) is 5.15. The fourth-order valence-corrected chi connectivity index (χ4v) is 0.671. The van der Waals surface area contributed by atoms with Gasteiger partial charge in [-0.25, -0.2) is 4.79 Å². The Morgan fingerprint density at radius 2 is 2.50 bits per heavy atom. The Hall–Kier alpha value is -1.47. The molecule has 1 heterocycles. The molecule has 1 unspecified atom stereocenters. The molecule has 10 heavy (non-hydrogen) atoms. The average Bonchev–Trinajstić information content (AvgIpc) is 2.04. The topological polar surface area (TPSA) is 46.5 Å². The summed E-state index contributed by atoms with van der Waals surface area (Å²) in [6.07, 6.45) is 5.22. The molecule has 0 saturated heterocycles. The van der Waals surface area contributed by atoms with Crippen LogP contribution in [-0.4, -0.2) is 24.5 Å². The molecule has 1 rings (SSSR count). The Bertz CT molecular complexity index is 246. The largest absolute Gasteiger partial charge is 0.301 e. The van der Waals surface area contributed by atoms with E-state index in [2.05, 4.69) is 4.99 Å². The van der Waals surface area contributed by atoms with Crippen LogP contribution in [0.5, 0.6) is 0 Å². The highest BCUT2D eigenvalue weighted by atomic mass is 16.1. The zero-order valence-corrected chi connectivity index (χ0v) is 5.15. The van der Waals surface area contributed by atoms with E-state index in [4.69, 9.17) is 0 Å². The minimum atomic E-state index is -0.637. The standard InChI is InChI=1S/C7H5NO2/c9-4-6-2-1-3-8-7(6)5-10/h1-3,5,7H. The minimum Gasteiger partial charge on any atom is -0.301 e. The predicted molar refractivity (Wildman–Crippen MR) is 36.7 cm³/mol. The maximum absolute atomic E-state index is 10.2. The number of aliphatic imine (C=N–C) groups is 1. The molecular formula is C7H5NO2. The summed E-state index contributed by atoms with van der Waals surface area (Å²) in [6.45, 7) is 0. The maximum atomic E-state index is 10.2. The normalized spacial score (nSPS) is 22.4. The molecule has 0 aromatic heterocycles. The van der Waals surface area contributed by atoms with Crippen molar-refractivity contribution in [2.75, 3.05) is 0 Å². The lowest BCUT2D eigenvalue weighted by atomic mass is 10.1. The molecule has 1 aliphatic heterocycles. The van der Waals surface area contributed by atoms with E-state index in [-0.39, 0.29) is 5.57 Å². The Balaban J connectivity index is 2.94. The molecule has 0 saturated carbocycles. The van der Waals surface area contributed by atoms with Crippen LogP contribution in [-0.2, 0) is 9.59 Å². The molecule has 0 spiro atoms. The molecule has 0 aromatic carbocycles. The van der Waals surface area contributed by atoms with Crippen molar-refractivity contribution in [3.05, 3.63) is 17.7 Å². The van der Waals surface area contributed by atoms with Crippen molar-refractivity contribution in [2.24, 2.45) is 4.99 Å². The Morgan fingerprint density at radius 1 is 1.70 bits per heavy atom. The van der Waals surface area contributed by atoms with Gasteiger partial charge < -0.3 is 4.79 Å². The van der Waals surface area contributed by atoms with Crippen molar-refractivity contribution < 1.29 is 9.59 Å². The second-order valence-corrected chi connectivity index (χ2v) is 1.80. The number of carbonyl (C=O) groups is 1. The molecule has 0 aliphatic carbocycles. The Kier molecular flexibility index (Phi) is 1.92. The van der Waals surface area contributed by atoms with Crippen molar-refractivity contribution >= 4 is 18.4 Å². The van der Waals surface area contributed by atoms with Gasteiger partial charge >= 0.3 is 0 Å². The molecule has 1 atom stereocenters. The van der Waals surface area contributed by atoms with Crippen LogP contribution in [0.2, 0.25) is 0 Å². The van der Waals surface area contributed by atoms with Crippen molar-refractivity contribution in [1.82, 2.24) is 0 Å². The molecular weight excluding hydrogens is 130 g/mol. The van der Waals surface area contributed by atoms with Gasteiger partial charge in [0.15, 0.2) is 0 Å². The van der Waals surface area contributed by atoms with Crippen molar-refractivity contribution in [1.29, 1.82) is 0 Å². The van der Waals surface area contributed by atoms with Crippen molar-refractivity contribution in [2.45, 2.75) is 6.04 Å². The SMILES string of the molecule is O=C=C1C=CC=NC1C=O. The van der Waals surface area contributed by atoms with E-state index in [0.29, 0.717) is 6.29 Å². The maximum Gasteiger partial charge on any atom is 0.149 e. The molecule has 0 fully saturated rings. The fourth-order valence-electron chi connectivity index (χ4n) is 0.671. The van der Waals surface area contributed by atoms with E-state index in [1.807, 2.05) is 0 Å². The van der Waals surface area contributed by atoms with Crippen LogP contribution in [0.1, 0.15) is 0 Å². The quantitative estimate of drug-likeness (QED) is 0.374. The van der Waals surface area contributed by atoms with Gasteiger partial charge in [0.25, 0.3) is 0 Å². The Morgan fingerprint density at radius 3 is 3.00 bits per heavy atom. The first kappa shape index (κ1) is 6.65. The zero-order chi connectivity index (χ0) is 7.40. The van der Waals surface area contributed by atoms with Gasteiger partial charge in [-0.1, -0.05) is 0 Å². The second-order valence-electron chi connectivity index (χ2n) is 1.80. The van der Waals surface area contributed by atoms with E-state index in [0.717, 1.165) is 0 Å². The van der Waals surface area contributed by atoms with E-state index in [1.54, 1.807) is 12.0 Å². The molecule has 0 aromatic rings. The van der Waals surface area contributed by atoms with Crippen LogP contribution in [0.15, 0.2) is 22.7 Å². The van der Waals surface area contributed by atoms with E-state index in [1.165, 1.54) is 12.3 Å². The molecule has 50 valence electrons. The second kappa shape index (κ2) is 2.90. The third kappa shape index (κ3) is 1.09. The van der Waals surface area contributed by atoms with E-state index < -0.39 is 6.04 Å². The predicted octanol–water partition coefficient (Wildman–Crippen LogP) is -0.0475. The number of allylic oxidation sites excluding steroid dienone is 1. The van der Waals surface area contributed by atoms with Crippen LogP contribution in [0.4, 0.5) is 0 Å². The highest BCUT2D eigenvalue weighted by Gasteiger charge is 2.10. The molecule has 1 aliphatic rings. The number of hydrogen-bond donors (Lipinski definition) is 0. The number of carbonyl (C=O) groups excluding carboxylic acids is 2. The Labute approximate surface area is 57.8 Å². The summed E-state index contributed by atoms with van der Waals surface area (Å²) in [5, 5.41) is 0. The number of rotatable bonds is 1. The molecule has 0 bridgehead atoms. The van der Waals surface area contributed by atoms with Crippen LogP contribution in [0.25, 0.3) is 0 Å². The first-order valence-corrected chi connectivity index (χ1v) is 2.78. The summed E-state index contributed by atoms with van der Waals surface area (Å²) >= 11 is 0. The van der Waals surface area contributed by atoms with Gasteiger partial charge in [-0.15, -0.1) is 0 Å². The molecule has 0 radical (unpaired) electrons. The van der Waals surface area contributed by atoms with Gasteiger partial charge in [0.1, 0.15) is 18.3 Å². The number of dihydropyridines is 1. The fraction of sp³-hybridized carbons (Fsp3) is 0.143. The van der Waals surface area contributed by atoms with Crippen LogP contribution < -0.4 is 0 Å². The number of hydrogen-bond acceptors (Lipinski definition) is 3. The first-order chi connectivity index (χ1) is 4.88. The summed E-state index contributed by atoms with van der Waals surface area (Å²) in [6, 6.07) is -0.637. The monoisotopic (exact) mass is 135 g/mol. The smallest absolute Gasteiger partial charge is 0.149 e. The summed E-state index contributed by atoms with van der Waals surface area (Å²) in [4.78, 5) is 24.0. The minimum absolute atomic E-state index is 0.289. The van der Waals surface area contributed by atoms with Gasteiger partial charge in [0, 0.05) is 6.21 Å². The first-order valence-electron chi connectivity index (χ1n) is 2.78. The summed E-state index contributed by atoms with van der Waals surface area (Å²) in [7, 11) is 0. The molecule has 0 N–H and O–H groups in total. The third-order valence-corrected chi connectivity index (χ3v) is 1.17. The lowest BCUT2D eigenvalue weighted by Gasteiger charge is -2.03. The van der Waals surface area contributed by atoms with Crippen molar-refractivity contribution in [3.8, 4) is 0 Å². The average molecular weight is 135 g/mol. The van der Waals surface area contributed by atoms with Gasteiger partial charge in [0.05, 0.1) is 5.57 Å². The molecule has 0 amide bonds. The number of aldehydes is 1. The molecule has 3 nitrogen and oxygen atoms in total. The van der Waals surface area contributed by atoms with E-state index >= 15 is 0 Å². The van der Waals surface area contributed by atoms with Gasteiger partial charge in [0.2, 0.25) is 0 Å². The highest BCUT2D eigenvalue weighted by molar-refractivity contribution is 5.84. The molecule has 3 heteroatoms. The van der Waals surface area contributed by atoms with Crippen LogP contribution >= 0.6 is 0 Å². The number of nitrogens with zero attached hydrogens (tertiary/aromatic N) is 1. The third-order valence-electron chi connectivity index (χ3n) is 1.17. The van der Waals surface area contributed by atoms with Crippen molar-refractivity contribution in [3.63, 3.8) is 0 Å². The summed E-state index contributed by atoms with van der Waals surface area (Å²) in [5.41, 5.74) is 0.289. The van der Waals surface area contributed by atoms with Gasteiger partial charge in [-0.05, 0) is 12.2 Å². The lowest BCUT2D eigenvalue weighted by molar-refractivity contribution is -0.108. The van der Waals surface area contributed by atoms with Crippen LogP contribution in [0, 0.1) is 0 Å².